The molecule has 8 nitrogen and oxygen atoms in total. The van der Waals surface area contributed by atoms with Crippen LogP contribution in [0.15, 0.2) is 29.0 Å². The van der Waals surface area contributed by atoms with Gasteiger partial charge in [-0.05, 0) is 6.07 Å². The van der Waals surface area contributed by atoms with Crippen molar-refractivity contribution in [2.45, 2.75) is 0 Å². The number of nitrogens with one attached hydrogen (secondary N) is 1. The fourth-order valence-corrected chi connectivity index (χ4v) is 2.60. The number of carbonyl (C=O) groups is 1. The summed E-state index contributed by atoms with van der Waals surface area (Å²) in [6.07, 6.45) is 3.21. The number of nitrogens with zero attached hydrogens (tertiary/aromatic N) is 5. The molecule has 10 heteroatoms. The molecule has 4 rings (SSSR count). The summed E-state index contributed by atoms with van der Waals surface area (Å²) in [5.74, 6) is -1.59. The molecule has 1 saturated heterocycles. The van der Waals surface area contributed by atoms with E-state index in [0.29, 0.717) is 18.2 Å². The number of urea groups is 1. The quantitative estimate of drug-likeness (QED) is 0.783. The third-order valence-electron chi connectivity index (χ3n) is 3.80. The maximum Gasteiger partial charge on any atom is 0.322 e. The summed E-state index contributed by atoms with van der Waals surface area (Å²) in [7, 11) is 1.73. The van der Waals surface area contributed by atoms with Crippen LogP contribution in [0.25, 0.3) is 22.8 Å². The van der Waals surface area contributed by atoms with Gasteiger partial charge in [0.25, 0.3) is 5.89 Å². The summed E-state index contributed by atoms with van der Waals surface area (Å²) in [4.78, 5) is 17.1. The Morgan fingerprint density at radius 2 is 2.12 bits per heavy atom. The van der Waals surface area contributed by atoms with Crippen LogP contribution >= 0.6 is 0 Å². The van der Waals surface area contributed by atoms with Gasteiger partial charge in [0.1, 0.15) is 11.6 Å². The van der Waals surface area contributed by atoms with Crippen molar-refractivity contribution in [2.24, 2.45) is 7.05 Å². The van der Waals surface area contributed by atoms with Gasteiger partial charge < -0.3 is 9.84 Å². The van der Waals surface area contributed by atoms with Crippen LogP contribution in [0.5, 0.6) is 0 Å². The van der Waals surface area contributed by atoms with Gasteiger partial charge in [-0.25, -0.2) is 13.6 Å². The molecule has 0 bridgehead atoms. The van der Waals surface area contributed by atoms with Gasteiger partial charge in [-0.15, -0.1) is 0 Å². The second-order valence-corrected chi connectivity index (χ2v) is 5.49. The van der Waals surface area contributed by atoms with E-state index in [1.54, 1.807) is 17.9 Å². The van der Waals surface area contributed by atoms with Crippen molar-refractivity contribution in [3.05, 3.63) is 36.2 Å². The highest BCUT2D eigenvalue weighted by atomic mass is 19.1. The largest absolute Gasteiger partial charge is 0.336 e. The van der Waals surface area contributed by atoms with Gasteiger partial charge in [0, 0.05) is 32.4 Å². The van der Waals surface area contributed by atoms with Crippen molar-refractivity contribution in [1.29, 1.82) is 0 Å². The maximum atomic E-state index is 14.2. The molecule has 0 aliphatic carbocycles. The number of amides is 2. The predicted octanol–water partition coefficient (Wildman–Crippen LogP) is 1.94. The average Bonchev–Trinajstić information content (AvgIpc) is 3.29. The van der Waals surface area contributed by atoms with Crippen LogP contribution in [0.4, 0.5) is 19.3 Å². The second kappa shape index (κ2) is 5.65. The Bertz CT molecular complexity index is 967. The number of rotatable bonds is 3. The fraction of sp³-hybridized carbons (Fsp3) is 0.200. The third kappa shape index (κ3) is 2.61. The molecule has 1 fully saturated rings. The standard InChI is InChI=1S/C15H12F2N6O2/c1-22-7-8(6-19-22)13-20-14(25-21-13)9-4-12(11(17)5-10(9)16)23-3-2-18-15(23)24/h4-7H,2-3H2,1H3,(H,18,24). The lowest BCUT2D eigenvalue weighted by Crippen LogP contribution is -2.28. The zero-order chi connectivity index (χ0) is 17.6. The molecular weight excluding hydrogens is 334 g/mol. The minimum Gasteiger partial charge on any atom is -0.336 e. The van der Waals surface area contributed by atoms with Crippen molar-refractivity contribution in [2.75, 3.05) is 18.0 Å². The lowest BCUT2D eigenvalue weighted by molar-refractivity contribution is 0.252. The highest BCUT2D eigenvalue weighted by molar-refractivity contribution is 5.94. The van der Waals surface area contributed by atoms with E-state index in [4.69, 9.17) is 4.52 Å². The van der Waals surface area contributed by atoms with Crippen molar-refractivity contribution >= 4 is 11.7 Å². The highest BCUT2D eigenvalue weighted by Crippen LogP contribution is 2.31. The maximum absolute atomic E-state index is 14.2. The van der Waals surface area contributed by atoms with Gasteiger partial charge in [0.2, 0.25) is 5.82 Å². The molecule has 25 heavy (non-hydrogen) atoms. The summed E-state index contributed by atoms with van der Waals surface area (Å²) in [5.41, 5.74) is 0.463. The fourth-order valence-electron chi connectivity index (χ4n) is 2.60. The van der Waals surface area contributed by atoms with E-state index in [-0.39, 0.29) is 29.5 Å². The summed E-state index contributed by atoms with van der Waals surface area (Å²) in [6.45, 7) is 0.669. The van der Waals surface area contributed by atoms with Crippen LogP contribution in [-0.4, -0.2) is 39.0 Å². The molecule has 1 aliphatic heterocycles. The molecule has 1 aromatic carbocycles. The molecule has 0 unspecified atom stereocenters. The molecule has 2 aromatic heterocycles. The molecular formula is C15H12F2N6O2. The zero-order valence-electron chi connectivity index (χ0n) is 13.0. The summed E-state index contributed by atoms with van der Waals surface area (Å²) >= 11 is 0. The Morgan fingerprint density at radius 3 is 2.80 bits per heavy atom. The van der Waals surface area contributed by atoms with Gasteiger partial charge in [-0.3, -0.25) is 9.58 Å². The lowest BCUT2D eigenvalue weighted by atomic mass is 10.1. The van der Waals surface area contributed by atoms with E-state index in [9.17, 15) is 13.6 Å². The topological polar surface area (TPSA) is 89.1 Å². The van der Waals surface area contributed by atoms with Crippen molar-refractivity contribution in [3.8, 4) is 22.8 Å². The number of benzene rings is 1. The van der Waals surface area contributed by atoms with Crippen LogP contribution < -0.4 is 10.2 Å². The van der Waals surface area contributed by atoms with Crippen LogP contribution in [0.1, 0.15) is 0 Å². The molecule has 2 amide bonds. The number of halogens is 2. The van der Waals surface area contributed by atoms with E-state index >= 15 is 0 Å². The summed E-state index contributed by atoms with van der Waals surface area (Å²) in [5, 5.41) is 10.4. The average molecular weight is 346 g/mol. The third-order valence-corrected chi connectivity index (χ3v) is 3.80. The normalized spacial score (nSPS) is 14.2. The van der Waals surface area contributed by atoms with E-state index in [2.05, 4.69) is 20.6 Å². The molecule has 1 N–H and O–H groups in total. The van der Waals surface area contributed by atoms with Gasteiger partial charge in [-0.2, -0.15) is 10.1 Å². The molecule has 3 aromatic rings. The minimum absolute atomic E-state index is 0.0486. The molecule has 1 aliphatic rings. The Morgan fingerprint density at radius 1 is 1.28 bits per heavy atom. The summed E-state index contributed by atoms with van der Waals surface area (Å²) in [6, 6.07) is 1.44. The van der Waals surface area contributed by atoms with Crippen molar-refractivity contribution < 1.29 is 18.1 Å². The molecule has 0 atom stereocenters. The first-order valence-electron chi connectivity index (χ1n) is 7.40. The first-order valence-corrected chi connectivity index (χ1v) is 7.40. The SMILES string of the molecule is Cn1cc(-c2noc(-c3cc(N4CCNC4=O)c(F)cc3F)n2)cn1. The van der Waals surface area contributed by atoms with E-state index < -0.39 is 17.7 Å². The number of hydrogen-bond acceptors (Lipinski definition) is 5. The van der Waals surface area contributed by atoms with Crippen molar-refractivity contribution in [3.63, 3.8) is 0 Å². The van der Waals surface area contributed by atoms with E-state index in [1.807, 2.05) is 0 Å². The van der Waals surface area contributed by atoms with Gasteiger partial charge in [-0.1, -0.05) is 5.16 Å². The number of aryl methyl sites for hydroxylation is 1. The van der Waals surface area contributed by atoms with Crippen molar-refractivity contribution in [1.82, 2.24) is 25.2 Å². The monoisotopic (exact) mass is 346 g/mol. The van der Waals surface area contributed by atoms with Crippen LogP contribution in [0.2, 0.25) is 0 Å². The minimum atomic E-state index is -0.859. The molecule has 0 saturated carbocycles. The van der Waals surface area contributed by atoms with Gasteiger partial charge >= 0.3 is 6.03 Å². The number of anilines is 1. The predicted molar refractivity (Wildman–Crippen MR) is 82.6 cm³/mol. The number of hydrogen-bond donors (Lipinski definition) is 1. The first kappa shape index (κ1) is 15.2. The first-order chi connectivity index (χ1) is 12.0. The number of aromatic nitrogens is 4. The van der Waals surface area contributed by atoms with Crippen LogP contribution in [0, 0.1) is 11.6 Å². The lowest BCUT2D eigenvalue weighted by Gasteiger charge is -2.16. The molecule has 3 heterocycles. The molecule has 0 spiro atoms. The Labute approximate surface area is 140 Å². The van der Waals surface area contributed by atoms with Gasteiger partial charge in [0.15, 0.2) is 0 Å². The Hall–Kier alpha value is -3.30. The molecule has 128 valence electrons. The highest BCUT2D eigenvalue weighted by Gasteiger charge is 2.27. The van der Waals surface area contributed by atoms with Crippen LogP contribution in [0.3, 0.4) is 0 Å². The Balaban J connectivity index is 1.75. The van der Waals surface area contributed by atoms with Gasteiger partial charge in [0.05, 0.1) is 23.0 Å². The smallest absolute Gasteiger partial charge is 0.322 e. The summed E-state index contributed by atoms with van der Waals surface area (Å²) < 4.78 is 35.0. The number of carbonyl (C=O) groups excluding carboxylic acids is 1. The van der Waals surface area contributed by atoms with E-state index in [1.165, 1.54) is 17.2 Å². The second-order valence-electron chi connectivity index (χ2n) is 5.49. The van der Waals surface area contributed by atoms with Crippen LogP contribution in [-0.2, 0) is 7.05 Å². The molecule has 0 radical (unpaired) electrons. The zero-order valence-corrected chi connectivity index (χ0v) is 13.0. The van der Waals surface area contributed by atoms with E-state index in [0.717, 1.165) is 0 Å². The Kier molecular flexibility index (Phi) is 3.45.